The van der Waals surface area contributed by atoms with E-state index in [2.05, 4.69) is 22.4 Å². The molecule has 0 amide bonds. The van der Waals surface area contributed by atoms with Gasteiger partial charge in [0.2, 0.25) is 0 Å². The van der Waals surface area contributed by atoms with Crippen molar-refractivity contribution >= 4 is 29.0 Å². The van der Waals surface area contributed by atoms with Gasteiger partial charge in [-0.15, -0.1) is 0 Å². The van der Waals surface area contributed by atoms with E-state index < -0.39 is 0 Å². The lowest BCUT2D eigenvalue weighted by Crippen LogP contribution is -1.96. The zero-order chi connectivity index (χ0) is 12.8. The van der Waals surface area contributed by atoms with Gasteiger partial charge in [-0.3, -0.25) is 0 Å². The Labute approximate surface area is 116 Å². The first-order valence-electron chi connectivity index (χ1n) is 5.33. The Kier molecular flexibility index (Phi) is 4.48. The first kappa shape index (κ1) is 12.8. The monoisotopic (exact) mass is 275 g/mol. The average Bonchev–Trinajstić information content (AvgIpc) is 2.42. The van der Waals surface area contributed by atoms with Crippen LogP contribution >= 0.6 is 23.8 Å². The maximum atomic E-state index is 6.15. The molecular formula is C14H10ClNOS. The van der Waals surface area contributed by atoms with Crippen LogP contribution in [-0.2, 0) is 0 Å². The molecule has 2 nitrogen and oxygen atoms in total. The second-order valence-corrected chi connectivity index (χ2v) is 4.10. The molecule has 0 heterocycles. The van der Waals surface area contributed by atoms with Crippen LogP contribution in [0, 0.1) is 0 Å². The Morgan fingerprint density at radius 3 is 2.61 bits per heavy atom. The number of hydrogen-bond donors (Lipinski definition) is 0. The summed E-state index contributed by atoms with van der Waals surface area (Å²) in [6.07, 6.45) is 0. The van der Waals surface area contributed by atoms with E-state index in [9.17, 15) is 0 Å². The van der Waals surface area contributed by atoms with Crippen molar-refractivity contribution < 1.29 is 4.74 Å². The van der Waals surface area contributed by atoms with Crippen LogP contribution in [0.15, 0.2) is 53.5 Å². The predicted molar refractivity (Wildman–Crippen MR) is 77.4 cm³/mol. The SMILES string of the molecule is S=C=NCOc1c(Cl)cccc1-c1ccccc1. The van der Waals surface area contributed by atoms with Crippen LogP contribution in [0.4, 0.5) is 0 Å². The van der Waals surface area contributed by atoms with Gasteiger partial charge in [-0.2, -0.15) is 4.99 Å². The number of halogens is 1. The fourth-order valence-electron chi connectivity index (χ4n) is 1.62. The molecule has 90 valence electrons. The summed E-state index contributed by atoms with van der Waals surface area (Å²) in [4.78, 5) is 3.73. The molecule has 0 N–H and O–H groups in total. The fourth-order valence-corrected chi connectivity index (χ4v) is 1.91. The van der Waals surface area contributed by atoms with E-state index in [4.69, 9.17) is 16.3 Å². The zero-order valence-corrected chi connectivity index (χ0v) is 11.0. The highest BCUT2D eigenvalue weighted by Crippen LogP contribution is 2.35. The third kappa shape index (κ3) is 2.96. The van der Waals surface area contributed by atoms with Crippen LogP contribution in [0.3, 0.4) is 0 Å². The summed E-state index contributed by atoms with van der Waals surface area (Å²) in [5.74, 6) is 0.611. The van der Waals surface area contributed by atoms with Crippen molar-refractivity contribution in [2.75, 3.05) is 6.73 Å². The Morgan fingerprint density at radius 2 is 1.89 bits per heavy atom. The minimum absolute atomic E-state index is 0.118. The first-order valence-corrected chi connectivity index (χ1v) is 6.12. The van der Waals surface area contributed by atoms with Gasteiger partial charge in [0.15, 0.2) is 6.73 Å². The average molecular weight is 276 g/mol. The predicted octanol–water partition coefficient (Wildman–Crippen LogP) is 4.45. The molecule has 0 aliphatic rings. The van der Waals surface area contributed by atoms with E-state index in [-0.39, 0.29) is 6.73 Å². The molecule has 0 bridgehead atoms. The summed E-state index contributed by atoms with van der Waals surface area (Å²) in [5, 5.41) is 2.81. The number of benzene rings is 2. The smallest absolute Gasteiger partial charge is 0.188 e. The highest BCUT2D eigenvalue weighted by atomic mass is 35.5. The summed E-state index contributed by atoms with van der Waals surface area (Å²) < 4.78 is 5.53. The zero-order valence-electron chi connectivity index (χ0n) is 9.47. The molecule has 0 aliphatic carbocycles. The third-order valence-corrected chi connectivity index (χ3v) is 2.82. The maximum absolute atomic E-state index is 6.15. The summed E-state index contributed by atoms with van der Waals surface area (Å²) >= 11 is 10.6. The van der Waals surface area contributed by atoms with Crippen molar-refractivity contribution in [2.24, 2.45) is 4.99 Å². The van der Waals surface area contributed by atoms with Crippen molar-refractivity contribution in [3.8, 4) is 16.9 Å². The molecule has 0 radical (unpaired) electrons. The molecule has 0 spiro atoms. The van der Waals surface area contributed by atoms with Gasteiger partial charge in [-0.25, -0.2) is 0 Å². The van der Waals surface area contributed by atoms with E-state index in [0.717, 1.165) is 11.1 Å². The Balaban J connectivity index is 2.41. The molecule has 0 fully saturated rings. The van der Waals surface area contributed by atoms with E-state index in [1.165, 1.54) is 0 Å². The van der Waals surface area contributed by atoms with Gasteiger partial charge in [0.1, 0.15) is 5.75 Å². The Morgan fingerprint density at radius 1 is 1.11 bits per heavy atom. The molecule has 2 aromatic carbocycles. The largest absolute Gasteiger partial charge is 0.468 e. The second kappa shape index (κ2) is 6.31. The molecule has 2 aromatic rings. The quantitative estimate of drug-likeness (QED) is 0.607. The number of isothiocyanates is 1. The lowest BCUT2D eigenvalue weighted by molar-refractivity contribution is 0.334. The van der Waals surface area contributed by atoms with Gasteiger partial charge >= 0.3 is 0 Å². The molecular weight excluding hydrogens is 266 g/mol. The van der Waals surface area contributed by atoms with Gasteiger partial charge in [-0.05, 0) is 23.8 Å². The lowest BCUT2D eigenvalue weighted by atomic mass is 10.1. The highest BCUT2D eigenvalue weighted by Gasteiger charge is 2.09. The third-order valence-electron chi connectivity index (χ3n) is 2.39. The summed E-state index contributed by atoms with van der Waals surface area (Å²) in [6, 6.07) is 15.5. The minimum Gasteiger partial charge on any atom is -0.468 e. The topological polar surface area (TPSA) is 21.6 Å². The van der Waals surface area contributed by atoms with Crippen LogP contribution in [-0.4, -0.2) is 11.9 Å². The summed E-state index contributed by atoms with van der Waals surface area (Å²) in [6.45, 7) is 0.118. The van der Waals surface area contributed by atoms with Crippen molar-refractivity contribution in [3.05, 3.63) is 53.6 Å². The number of ether oxygens (including phenoxy) is 1. The van der Waals surface area contributed by atoms with Gasteiger partial charge in [0.05, 0.1) is 10.2 Å². The number of rotatable bonds is 4. The summed E-state index contributed by atoms with van der Waals surface area (Å²) in [5.41, 5.74) is 1.98. The van der Waals surface area contributed by atoms with Crippen molar-refractivity contribution in [1.29, 1.82) is 0 Å². The number of nitrogens with zero attached hydrogens (tertiary/aromatic N) is 1. The Bertz CT molecular complexity index is 580. The number of thiocarbonyl (C=S) groups is 1. The van der Waals surface area contributed by atoms with E-state index in [0.29, 0.717) is 10.8 Å². The van der Waals surface area contributed by atoms with Crippen LogP contribution in [0.2, 0.25) is 5.02 Å². The van der Waals surface area contributed by atoms with Crippen molar-refractivity contribution in [2.45, 2.75) is 0 Å². The normalized spacial score (nSPS) is 9.61. The number of aliphatic imine (C=N–C) groups is 1. The minimum atomic E-state index is 0.118. The van der Waals surface area contributed by atoms with Gasteiger partial charge in [-0.1, -0.05) is 54.1 Å². The van der Waals surface area contributed by atoms with Gasteiger partial charge in [0.25, 0.3) is 0 Å². The van der Waals surface area contributed by atoms with E-state index in [1.54, 1.807) is 6.07 Å². The van der Waals surface area contributed by atoms with Crippen LogP contribution in [0.1, 0.15) is 0 Å². The number of hydrogen-bond acceptors (Lipinski definition) is 3. The van der Waals surface area contributed by atoms with Crippen LogP contribution < -0.4 is 4.74 Å². The first-order chi connectivity index (χ1) is 8.83. The Hall–Kier alpha value is -1.67. The maximum Gasteiger partial charge on any atom is 0.188 e. The molecule has 0 saturated heterocycles. The summed E-state index contributed by atoms with van der Waals surface area (Å²) in [7, 11) is 0. The second-order valence-electron chi connectivity index (χ2n) is 3.51. The van der Waals surface area contributed by atoms with E-state index in [1.807, 2.05) is 42.5 Å². The molecule has 4 heteroatoms. The lowest BCUT2D eigenvalue weighted by Gasteiger charge is -2.11. The highest BCUT2D eigenvalue weighted by molar-refractivity contribution is 7.78. The van der Waals surface area contributed by atoms with Crippen LogP contribution in [0.5, 0.6) is 5.75 Å². The molecule has 0 aliphatic heterocycles. The standard InChI is InChI=1S/C14H10ClNOS/c15-13-8-4-7-12(11-5-2-1-3-6-11)14(13)17-9-16-10-18/h1-8H,9H2. The molecule has 0 unspecified atom stereocenters. The molecule has 0 aromatic heterocycles. The van der Waals surface area contributed by atoms with Gasteiger partial charge in [0, 0.05) is 5.56 Å². The van der Waals surface area contributed by atoms with Crippen LogP contribution in [0.25, 0.3) is 11.1 Å². The molecule has 0 atom stereocenters. The van der Waals surface area contributed by atoms with E-state index >= 15 is 0 Å². The molecule has 2 rings (SSSR count). The fraction of sp³-hybridized carbons (Fsp3) is 0.0714. The molecule has 18 heavy (non-hydrogen) atoms. The van der Waals surface area contributed by atoms with Crippen molar-refractivity contribution in [1.82, 2.24) is 0 Å². The molecule has 0 saturated carbocycles. The van der Waals surface area contributed by atoms with Gasteiger partial charge < -0.3 is 4.74 Å². The van der Waals surface area contributed by atoms with Crippen molar-refractivity contribution in [3.63, 3.8) is 0 Å². The number of para-hydroxylation sites is 1.